The number of hydrogen-bond acceptors (Lipinski definition) is 3. The summed E-state index contributed by atoms with van der Waals surface area (Å²) in [6.07, 6.45) is 3.84. The predicted molar refractivity (Wildman–Crippen MR) is 113 cm³/mol. The van der Waals surface area contributed by atoms with Gasteiger partial charge in [-0.2, -0.15) is 0 Å². The van der Waals surface area contributed by atoms with Crippen molar-refractivity contribution in [3.05, 3.63) is 54.6 Å². The van der Waals surface area contributed by atoms with Gasteiger partial charge in [0.05, 0.1) is 5.69 Å². The Balaban J connectivity index is 1.43. The van der Waals surface area contributed by atoms with Crippen molar-refractivity contribution in [3.8, 4) is 5.75 Å². The van der Waals surface area contributed by atoms with Crippen LogP contribution in [0.15, 0.2) is 54.6 Å². The number of hydrogen-bond donors (Lipinski definition) is 1. The molecule has 5 nitrogen and oxygen atoms in total. The van der Waals surface area contributed by atoms with Crippen molar-refractivity contribution in [3.63, 3.8) is 0 Å². The molecule has 2 aliphatic heterocycles. The number of urea groups is 1. The molecule has 0 aliphatic carbocycles. The molecule has 1 fully saturated rings. The van der Waals surface area contributed by atoms with Crippen LogP contribution in [0.4, 0.5) is 16.2 Å². The summed E-state index contributed by atoms with van der Waals surface area (Å²) in [7, 11) is 0. The quantitative estimate of drug-likeness (QED) is 0.837. The Morgan fingerprint density at radius 3 is 2.43 bits per heavy atom. The number of nitrogens with one attached hydrogen (secondary N) is 1. The molecule has 1 spiro atoms. The minimum atomic E-state index is -0.178. The van der Waals surface area contributed by atoms with Crippen LogP contribution in [-0.4, -0.2) is 42.7 Å². The number of rotatable bonds is 3. The van der Waals surface area contributed by atoms with Crippen LogP contribution in [0.1, 0.15) is 32.6 Å². The van der Waals surface area contributed by atoms with Crippen LogP contribution >= 0.6 is 0 Å². The van der Waals surface area contributed by atoms with Crippen molar-refractivity contribution >= 4 is 17.4 Å². The van der Waals surface area contributed by atoms with E-state index in [0.29, 0.717) is 13.1 Å². The number of piperidine rings is 1. The van der Waals surface area contributed by atoms with E-state index < -0.39 is 0 Å². The lowest BCUT2D eigenvalue weighted by molar-refractivity contribution is 0.0110. The number of benzene rings is 2. The van der Waals surface area contributed by atoms with Crippen LogP contribution < -0.4 is 15.0 Å². The minimum absolute atomic E-state index is 0.0253. The van der Waals surface area contributed by atoms with Crippen molar-refractivity contribution in [2.24, 2.45) is 0 Å². The molecule has 0 atom stereocenters. The minimum Gasteiger partial charge on any atom is -0.485 e. The first-order chi connectivity index (χ1) is 13.7. The van der Waals surface area contributed by atoms with Gasteiger partial charge < -0.3 is 19.9 Å². The normalized spacial score (nSPS) is 18.2. The van der Waals surface area contributed by atoms with Gasteiger partial charge in [0.1, 0.15) is 11.4 Å². The third-order valence-corrected chi connectivity index (χ3v) is 5.85. The van der Waals surface area contributed by atoms with Gasteiger partial charge in [-0.25, -0.2) is 4.79 Å². The average molecular weight is 380 g/mol. The highest BCUT2D eigenvalue weighted by atomic mass is 16.5. The zero-order valence-corrected chi connectivity index (χ0v) is 16.6. The van der Waals surface area contributed by atoms with Gasteiger partial charge in [-0.05, 0) is 30.7 Å². The zero-order chi connectivity index (χ0) is 19.4. The lowest BCUT2D eigenvalue weighted by Crippen LogP contribution is -2.51. The van der Waals surface area contributed by atoms with Crippen LogP contribution in [0.5, 0.6) is 5.75 Å². The zero-order valence-electron chi connectivity index (χ0n) is 16.6. The van der Waals surface area contributed by atoms with Gasteiger partial charge in [0.2, 0.25) is 0 Å². The van der Waals surface area contributed by atoms with E-state index in [-0.39, 0.29) is 11.6 Å². The fraction of sp³-hybridized carbons (Fsp3) is 0.435. The molecule has 0 unspecified atom stereocenters. The summed E-state index contributed by atoms with van der Waals surface area (Å²) in [5.74, 6) is 0.982. The molecule has 4 rings (SSSR count). The first kappa shape index (κ1) is 18.7. The number of fused-ring (bicyclic) bond motifs is 1. The third kappa shape index (κ3) is 3.93. The van der Waals surface area contributed by atoms with Crippen molar-refractivity contribution in [2.45, 2.75) is 38.2 Å². The van der Waals surface area contributed by atoms with Gasteiger partial charge in [-0.1, -0.05) is 37.3 Å². The molecule has 0 saturated carbocycles. The van der Waals surface area contributed by atoms with Gasteiger partial charge in [0.25, 0.3) is 0 Å². The second-order valence-corrected chi connectivity index (χ2v) is 7.77. The van der Waals surface area contributed by atoms with Gasteiger partial charge >= 0.3 is 6.03 Å². The summed E-state index contributed by atoms with van der Waals surface area (Å²) in [4.78, 5) is 17.0. The number of likely N-dealkylation sites (tertiary alicyclic amines) is 1. The molecule has 5 heteroatoms. The van der Waals surface area contributed by atoms with E-state index in [9.17, 15) is 4.79 Å². The van der Waals surface area contributed by atoms with E-state index in [1.165, 1.54) is 5.69 Å². The lowest BCUT2D eigenvalue weighted by atomic mass is 9.88. The van der Waals surface area contributed by atoms with Gasteiger partial charge in [-0.3, -0.25) is 0 Å². The molecule has 0 bridgehead atoms. The van der Waals surface area contributed by atoms with Crippen LogP contribution in [0.2, 0.25) is 0 Å². The Bertz CT molecular complexity index is 801. The number of para-hydroxylation sites is 3. The van der Waals surface area contributed by atoms with Crippen LogP contribution in [-0.2, 0) is 0 Å². The van der Waals surface area contributed by atoms with Crippen LogP contribution in [0, 0.1) is 0 Å². The van der Waals surface area contributed by atoms with E-state index >= 15 is 0 Å². The van der Waals surface area contributed by atoms with E-state index in [1.54, 1.807) is 0 Å². The Morgan fingerprint density at radius 2 is 1.68 bits per heavy atom. The SMILES string of the molecule is CCCN1CCC2(CCN(C(=O)Nc3ccccc3)CC2)Oc2ccccc21. The molecule has 0 aromatic heterocycles. The highest BCUT2D eigenvalue weighted by Crippen LogP contribution is 2.40. The summed E-state index contributed by atoms with van der Waals surface area (Å²) in [6.45, 7) is 5.69. The lowest BCUT2D eigenvalue weighted by Gasteiger charge is -2.41. The summed E-state index contributed by atoms with van der Waals surface area (Å²) >= 11 is 0. The second kappa shape index (κ2) is 8.13. The summed E-state index contributed by atoms with van der Waals surface area (Å²) < 4.78 is 6.61. The van der Waals surface area contributed by atoms with E-state index in [4.69, 9.17) is 4.74 Å². The maximum Gasteiger partial charge on any atom is 0.321 e. The summed E-state index contributed by atoms with van der Waals surface area (Å²) in [6, 6.07) is 18.0. The highest BCUT2D eigenvalue weighted by molar-refractivity contribution is 5.89. The number of amides is 2. The standard InChI is InChI=1S/C23H29N3O2/c1-2-15-25-16-12-23(28-21-11-7-6-10-20(21)25)13-17-26(18-14-23)22(27)24-19-8-4-3-5-9-19/h3-11H,2,12-18H2,1H3,(H,24,27). The molecule has 1 N–H and O–H groups in total. The van der Waals surface area contributed by atoms with E-state index in [1.807, 2.05) is 41.3 Å². The molecule has 2 aromatic carbocycles. The maximum atomic E-state index is 12.6. The molecule has 0 radical (unpaired) electrons. The number of anilines is 2. The fourth-order valence-electron chi connectivity index (χ4n) is 4.24. The largest absolute Gasteiger partial charge is 0.485 e. The van der Waals surface area contributed by atoms with Gasteiger partial charge in [-0.15, -0.1) is 0 Å². The first-order valence-corrected chi connectivity index (χ1v) is 10.3. The topological polar surface area (TPSA) is 44.8 Å². The van der Waals surface area contributed by atoms with Crippen molar-refractivity contribution in [1.82, 2.24) is 4.90 Å². The Kier molecular flexibility index (Phi) is 5.42. The van der Waals surface area contributed by atoms with Crippen LogP contribution in [0.25, 0.3) is 0 Å². The second-order valence-electron chi connectivity index (χ2n) is 7.77. The Labute approximate surface area is 167 Å². The van der Waals surface area contributed by atoms with Crippen molar-refractivity contribution in [1.29, 1.82) is 0 Å². The molecule has 148 valence electrons. The monoisotopic (exact) mass is 379 g/mol. The molecule has 2 heterocycles. The molecule has 2 amide bonds. The summed E-state index contributed by atoms with van der Waals surface area (Å²) in [5.41, 5.74) is 1.86. The smallest absolute Gasteiger partial charge is 0.321 e. The maximum absolute atomic E-state index is 12.6. The highest BCUT2D eigenvalue weighted by Gasteiger charge is 2.40. The third-order valence-electron chi connectivity index (χ3n) is 5.85. The predicted octanol–water partition coefficient (Wildman–Crippen LogP) is 4.75. The fourth-order valence-corrected chi connectivity index (χ4v) is 4.24. The molecule has 2 aliphatic rings. The Hall–Kier alpha value is -2.69. The van der Waals surface area contributed by atoms with E-state index in [0.717, 1.165) is 50.2 Å². The number of carbonyl (C=O) groups is 1. The number of carbonyl (C=O) groups excluding carboxylic acids is 1. The number of nitrogens with zero attached hydrogens (tertiary/aromatic N) is 2. The molecular weight excluding hydrogens is 350 g/mol. The van der Waals surface area contributed by atoms with Crippen molar-refractivity contribution < 1.29 is 9.53 Å². The summed E-state index contributed by atoms with van der Waals surface area (Å²) in [5, 5.41) is 2.99. The first-order valence-electron chi connectivity index (χ1n) is 10.3. The molecule has 1 saturated heterocycles. The Morgan fingerprint density at radius 1 is 1.00 bits per heavy atom. The number of ether oxygens (including phenoxy) is 1. The van der Waals surface area contributed by atoms with Crippen molar-refractivity contribution in [2.75, 3.05) is 36.4 Å². The average Bonchev–Trinajstić information content (AvgIpc) is 2.87. The van der Waals surface area contributed by atoms with Gasteiger partial charge in [0.15, 0.2) is 0 Å². The van der Waals surface area contributed by atoms with E-state index in [2.05, 4.69) is 35.3 Å². The molecular formula is C23H29N3O2. The van der Waals surface area contributed by atoms with Gasteiger partial charge in [0, 0.05) is 51.1 Å². The molecule has 28 heavy (non-hydrogen) atoms. The van der Waals surface area contributed by atoms with Crippen LogP contribution in [0.3, 0.4) is 0 Å². The molecule has 2 aromatic rings.